The first kappa shape index (κ1) is 19.4. The predicted octanol–water partition coefficient (Wildman–Crippen LogP) is 0.906. The third kappa shape index (κ3) is 3.98. The van der Waals surface area contributed by atoms with Crippen LogP contribution in [0, 0.1) is 0 Å². The molecule has 0 saturated carbocycles. The van der Waals surface area contributed by atoms with Gasteiger partial charge in [0.2, 0.25) is 11.7 Å². The molecular weight excluding hydrogens is 394 g/mol. The summed E-state index contributed by atoms with van der Waals surface area (Å²) >= 11 is 0. The van der Waals surface area contributed by atoms with Crippen LogP contribution >= 0.6 is 0 Å². The molecule has 0 unspecified atom stereocenters. The van der Waals surface area contributed by atoms with Gasteiger partial charge in [-0.05, 0) is 12.1 Å². The Morgan fingerprint density at radius 1 is 1.07 bits per heavy atom. The van der Waals surface area contributed by atoms with E-state index < -0.39 is 21.8 Å². The molecular formula is C15H17N5O7S. The van der Waals surface area contributed by atoms with Gasteiger partial charge in [0, 0.05) is 13.8 Å². The van der Waals surface area contributed by atoms with E-state index >= 15 is 0 Å². The molecule has 0 aliphatic carbocycles. The van der Waals surface area contributed by atoms with Gasteiger partial charge in [-0.3, -0.25) is 5.32 Å². The molecule has 2 heterocycles. The van der Waals surface area contributed by atoms with Crippen LogP contribution < -0.4 is 29.0 Å². The van der Waals surface area contributed by atoms with Crippen molar-refractivity contribution < 1.29 is 32.2 Å². The molecule has 1 aromatic carbocycles. The molecule has 28 heavy (non-hydrogen) atoms. The molecule has 12 nitrogen and oxygen atoms in total. The number of para-hydroxylation sites is 1. The lowest BCUT2D eigenvalue weighted by Gasteiger charge is -2.16. The number of carbonyl (C=O) groups is 1. The zero-order valence-corrected chi connectivity index (χ0v) is 16.2. The summed E-state index contributed by atoms with van der Waals surface area (Å²) < 4.78 is 47.9. The van der Waals surface area contributed by atoms with Crippen LogP contribution in [0.15, 0.2) is 23.1 Å². The highest BCUT2D eigenvalue weighted by molar-refractivity contribution is 7.90. The van der Waals surface area contributed by atoms with Crippen LogP contribution in [0.1, 0.15) is 13.8 Å². The van der Waals surface area contributed by atoms with Crippen molar-refractivity contribution in [2.24, 2.45) is 0 Å². The fraction of sp³-hybridized carbons (Fsp3) is 0.333. The lowest BCUT2D eigenvalue weighted by molar-refractivity contribution is -0.0442. The number of sulfonamides is 1. The third-order valence-corrected chi connectivity index (χ3v) is 4.70. The van der Waals surface area contributed by atoms with Crippen molar-refractivity contribution in [1.29, 1.82) is 0 Å². The summed E-state index contributed by atoms with van der Waals surface area (Å²) in [6.45, 7) is 3.26. The maximum Gasteiger partial charge on any atom is 0.335 e. The third-order valence-electron chi connectivity index (χ3n) is 3.35. The van der Waals surface area contributed by atoms with E-state index in [0.717, 1.165) is 0 Å². The first-order chi connectivity index (χ1) is 13.1. The normalized spacial score (nSPS) is 14.3. The Hall–Kier alpha value is -3.35. The van der Waals surface area contributed by atoms with Crippen molar-refractivity contribution in [2.45, 2.75) is 24.5 Å². The Morgan fingerprint density at radius 3 is 2.32 bits per heavy atom. The molecule has 1 aliphatic heterocycles. The summed E-state index contributed by atoms with van der Waals surface area (Å²) in [6, 6.07) is 2.96. The molecule has 0 fully saturated rings. The number of benzene rings is 1. The van der Waals surface area contributed by atoms with Gasteiger partial charge in [-0.25, -0.2) is 17.9 Å². The van der Waals surface area contributed by atoms with E-state index in [0.29, 0.717) is 0 Å². The van der Waals surface area contributed by atoms with Crippen molar-refractivity contribution in [3.8, 4) is 23.5 Å². The quantitative estimate of drug-likeness (QED) is 0.726. The molecule has 0 saturated heterocycles. The number of rotatable bonds is 5. The highest BCUT2D eigenvalue weighted by Gasteiger charge is 2.37. The maximum atomic E-state index is 12.6. The average Bonchev–Trinajstić information content (AvgIpc) is 2.94. The van der Waals surface area contributed by atoms with E-state index in [2.05, 4.69) is 20.3 Å². The SMILES string of the molecule is COc1nc(NC(=O)NS(=O)(=O)c2cccc3c2OC(C)(C)O3)nc(OC)n1. The van der Waals surface area contributed by atoms with Crippen LogP contribution in [0.3, 0.4) is 0 Å². The van der Waals surface area contributed by atoms with Gasteiger partial charge in [-0.2, -0.15) is 9.97 Å². The molecule has 0 atom stereocenters. The van der Waals surface area contributed by atoms with Crippen LogP contribution in [0.2, 0.25) is 0 Å². The lowest BCUT2D eigenvalue weighted by Crippen LogP contribution is -2.35. The van der Waals surface area contributed by atoms with Crippen molar-refractivity contribution in [2.75, 3.05) is 19.5 Å². The zero-order chi connectivity index (χ0) is 20.5. The number of ether oxygens (including phenoxy) is 4. The number of amides is 2. The number of hydrogen-bond donors (Lipinski definition) is 2. The van der Waals surface area contributed by atoms with Crippen molar-refractivity contribution in [3.63, 3.8) is 0 Å². The Morgan fingerprint density at radius 2 is 1.71 bits per heavy atom. The first-order valence-electron chi connectivity index (χ1n) is 7.82. The molecule has 1 aromatic heterocycles. The van der Waals surface area contributed by atoms with Crippen LogP contribution in [0.25, 0.3) is 0 Å². The van der Waals surface area contributed by atoms with Gasteiger partial charge in [-0.15, -0.1) is 4.98 Å². The number of fused-ring (bicyclic) bond motifs is 1. The zero-order valence-electron chi connectivity index (χ0n) is 15.3. The molecule has 2 N–H and O–H groups in total. The Bertz CT molecular complexity index is 1000. The lowest BCUT2D eigenvalue weighted by atomic mass is 10.3. The molecule has 2 amide bonds. The standard InChI is InChI=1S/C15H17N5O7S/c1-15(2)26-8-6-5-7-9(10(8)27-15)28(22,23)20-12(21)16-11-17-13(24-3)19-14(18-11)25-4/h5-7H,1-4H3,(H2,16,17,18,19,20,21). The molecule has 0 bridgehead atoms. The summed E-state index contributed by atoms with van der Waals surface area (Å²) in [4.78, 5) is 23.3. The number of hydrogen-bond acceptors (Lipinski definition) is 10. The van der Waals surface area contributed by atoms with Crippen LogP contribution in [0.4, 0.5) is 10.7 Å². The summed E-state index contributed by atoms with van der Waals surface area (Å²) in [5.41, 5.74) is 0. The molecule has 3 rings (SSSR count). The van der Waals surface area contributed by atoms with E-state index in [9.17, 15) is 13.2 Å². The molecule has 13 heteroatoms. The monoisotopic (exact) mass is 411 g/mol. The number of carbonyl (C=O) groups excluding carboxylic acids is 1. The topological polar surface area (TPSA) is 151 Å². The summed E-state index contributed by atoms with van der Waals surface area (Å²) in [7, 11) is -1.67. The second kappa shape index (κ2) is 6.99. The minimum Gasteiger partial charge on any atom is -0.467 e. The Balaban J connectivity index is 1.81. The highest BCUT2D eigenvalue weighted by atomic mass is 32.2. The maximum absolute atomic E-state index is 12.6. The molecule has 0 radical (unpaired) electrons. The fourth-order valence-electron chi connectivity index (χ4n) is 2.30. The number of urea groups is 1. The first-order valence-corrected chi connectivity index (χ1v) is 9.31. The van der Waals surface area contributed by atoms with Gasteiger partial charge in [0.25, 0.3) is 10.0 Å². The van der Waals surface area contributed by atoms with E-state index in [1.807, 2.05) is 4.72 Å². The molecule has 1 aliphatic rings. The van der Waals surface area contributed by atoms with Gasteiger partial charge >= 0.3 is 18.1 Å². The molecule has 150 valence electrons. The van der Waals surface area contributed by atoms with Crippen molar-refractivity contribution >= 4 is 22.0 Å². The smallest absolute Gasteiger partial charge is 0.335 e. The van der Waals surface area contributed by atoms with E-state index in [4.69, 9.17) is 18.9 Å². The summed E-state index contributed by atoms with van der Waals surface area (Å²) in [5, 5.41) is 2.18. The Kier molecular flexibility index (Phi) is 4.85. The van der Waals surface area contributed by atoms with Gasteiger partial charge in [-0.1, -0.05) is 6.07 Å². The number of nitrogens with one attached hydrogen (secondary N) is 2. The highest BCUT2D eigenvalue weighted by Crippen LogP contribution is 2.43. The summed E-state index contributed by atoms with van der Waals surface area (Å²) in [6.07, 6.45) is 0. The van der Waals surface area contributed by atoms with Crippen LogP contribution in [-0.4, -0.2) is 49.4 Å². The van der Waals surface area contributed by atoms with E-state index in [1.54, 1.807) is 19.9 Å². The van der Waals surface area contributed by atoms with Gasteiger partial charge in [0.15, 0.2) is 11.5 Å². The van der Waals surface area contributed by atoms with E-state index in [-0.39, 0.29) is 34.4 Å². The van der Waals surface area contributed by atoms with Gasteiger partial charge < -0.3 is 18.9 Å². The molecule has 0 spiro atoms. The average molecular weight is 411 g/mol. The predicted molar refractivity (Wildman–Crippen MR) is 94.0 cm³/mol. The Labute approximate surface area is 160 Å². The fourth-order valence-corrected chi connectivity index (χ4v) is 3.35. The molecule has 2 aromatic rings. The number of nitrogens with zero attached hydrogens (tertiary/aromatic N) is 3. The minimum atomic E-state index is -4.29. The van der Waals surface area contributed by atoms with Gasteiger partial charge in [0.05, 0.1) is 14.2 Å². The second-order valence-electron chi connectivity index (χ2n) is 5.88. The van der Waals surface area contributed by atoms with Crippen LogP contribution in [-0.2, 0) is 10.0 Å². The largest absolute Gasteiger partial charge is 0.467 e. The van der Waals surface area contributed by atoms with Crippen LogP contribution in [0.5, 0.6) is 23.5 Å². The van der Waals surface area contributed by atoms with Crippen molar-refractivity contribution in [1.82, 2.24) is 19.7 Å². The second-order valence-corrected chi connectivity index (χ2v) is 7.53. The summed E-state index contributed by atoms with van der Waals surface area (Å²) in [5.74, 6) is -1.04. The van der Waals surface area contributed by atoms with E-state index in [1.165, 1.54) is 26.4 Å². The van der Waals surface area contributed by atoms with Crippen molar-refractivity contribution in [3.05, 3.63) is 18.2 Å². The van der Waals surface area contributed by atoms with Gasteiger partial charge in [0.1, 0.15) is 4.90 Å². The number of aromatic nitrogens is 3. The number of methoxy groups -OCH3 is 2. The minimum absolute atomic E-state index is 0.0105. The number of anilines is 1.